The number of aliphatic hydroxyl groups is 1. The number of nitrogens with zero attached hydrogens (tertiary/aromatic N) is 5. The molecule has 4 N–H and O–H groups in total. The quantitative estimate of drug-likeness (QED) is 0.326. The second kappa shape index (κ2) is 11.0. The number of pyridine rings is 1. The van der Waals surface area contributed by atoms with Crippen molar-refractivity contribution in [2.75, 3.05) is 55.3 Å². The van der Waals surface area contributed by atoms with Crippen LogP contribution in [0.25, 0.3) is 0 Å². The maximum Gasteiger partial charge on any atom is 0.256 e. The molecule has 1 amide bonds. The van der Waals surface area contributed by atoms with E-state index in [9.17, 15) is 9.90 Å². The van der Waals surface area contributed by atoms with E-state index in [0.717, 1.165) is 49.4 Å². The Hall–Kier alpha value is -4.02. The molecule has 0 unspecified atom stereocenters. The predicted octanol–water partition coefficient (Wildman–Crippen LogP) is 3.49. The largest absolute Gasteiger partial charge is 0.384 e. The molecular formula is C29H36N8O2. The molecular weight excluding hydrogens is 492 g/mol. The van der Waals surface area contributed by atoms with E-state index in [2.05, 4.69) is 73.4 Å². The molecule has 0 saturated carbocycles. The fourth-order valence-corrected chi connectivity index (χ4v) is 5.07. The monoisotopic (exact) mass is 528 g/mol. The minimum absolute atomic E-state index is 0.276. The molecule has 10 nitrogen and oxygen atoms in total. The summed E-state index contributed by atoms with van der Waals surface area (Å²) in [5.74, 6) is 0.817. The van der Waals surface area contributed by atoms with Gasteiger partial charge in [0.25, 0.3) is 5.91 Å². The van der Waals surface area contributed by atoms with Crippen LogP contribution in [0, 0.1) is 6.92 Å². The number of aromatic nitrogens is 3. The van der Waals surface area contributed by atoms with E-state index in [4.69, 9.17) is 0 Å². The minimum atomic E-state index is -0.982. The molecule has 1 fully saturated rings. The summed E-state index contributed by atoms with van der Waals surface area (Å²) in [5, 5.41) is 20.0. The van der Waals surface area contributed by atoms with Crippen LogP contribution in [0.1, 0.15) is 40.5 Å². The lowest BCUT2D eigenvalue weighted by Gasteiger charge is -2.35. The van der Waals surface area contributed by atoms with E-state index in [1.165, 1.54) is 11.9 Å². The first kappa shape index (κ1) is 26.6. The molecule has 3 aromatic rings. The van der Waals surface area contributed by atoms with Crippen LogP contribution in [0.5, 0.6) is 0 Å². The average Bonchev–Trinajstić information content (AvgIpc) is 3.22. The smallest absolute Gasteiger partial charge is 0.256 e. The Bertz CT molecular complexity index is 1380. The van der Waals surface area contributed by atoms with Gasteiger partial charge in [0.2, 0.25) is 5.95 Å². The number of carbonyl (C=O) groups is 1. The summed E-state index contributed by atoms with van der Waals surface area (Å²) in [6.45, 7) is 12.0. The normalized spacial score (nSPS) is 18.9. The number of likely N-dealkylation sites (N-methyl/N-ethyl adjacent to an activating group) is 1. The summed E-state index contributed by atoms with van der Waals surface area (Å²) in [7, 11) is 2.15. The maximum absolute atomic E-state index is 12.9. The van der Waals surface area contributed by atoms with Gasteiger partial charge < -0.3 is 30.9 Å². The van der Waals surface area contributed by atoms with Crippen molar-refractivity contribution in [3.63, 3.8) is 0 Å². The summed E-state index contributed by atoms with van der Waals surface area (Å²) in [5.41, 5.74) is 4.21. The van der Waals surface area contributed by atoms with E-state index in [-0.39, 0.29) is 11.5 Å². The highest BCUT2D eigenvalue weighted by Crippen LogP contribution is 2.36. The minimum Gasteiger partial charge on any atom is -0.384 e. The van der Waals surface area contributed by atoms with Gasteiger partial charge in [0, 0.05) is 50.3 Å². The van der Waals surface area contributed by atoms with Crippen molar-refractivity contribution in [1.82, 2.24) is 25.2 Å². The molecule has 1 aliphatic heterocycles. The third kappa shape index (κ3) is 5.86. The number of hydrogen-bond donors (Lipinski definition) is 4. The second-order valence-electron chi connectivity index (χ2n) is 10.5. The van der Waals surface area contributed by atoms with Crippen LogP contribution in [0.4, 0.5) is 29.0 Å². The number of nitrogens with one attached hydrogen (secondary N) is 3. The van der Waals surface area contributed by atoms with Crippen molar-refractivity contribution >= 4 is 34.9 Å². The lowest BCUT2D eigenvalue weighted by molar-refractivity contribution is 0.0555. The average molecular weight is 529 g/mol. The van der Waals surface area contributed by atoms with E-state index in [0.29, 0.717) is 36.2 Å². The van der Waals surface area contributed by atoms with Gasteiger partial charge in [0.15, 0.2) is 0 Å². The molecule has 0 bridgehead atoms. The Morgan fingerprint density at radius 2 is 1.95 bits per heavy atom. The summed E-state index contributed by atoms with van der Waals surface area (Å²) in [6, 6.07) is 10.0. The SMILES string of the molecule is C=CCNC(=O)c1cnc(Nc2ccc(N3CCN(C)CC3)c(C)c2)nc1Nc1ccc2c(n1)[C@@](C)(O)CC2. The molecule has 39 heavy (non-hydrogen) atoms. The van der Waals surface area contributed by atoms with E-state index in [1.807, 2.05) is 18.2 Å². The van der Waals surface area contributed by atoms with Crippen LogP contribution >= 0.6 is 0 Å². The van der Waals surface area contributed by atoms with Gasteiger partial charge in [-0.2, -0.15) is 4.98 Å². The third-order valence-electron chi connectivity index (χ3n) is 7.35. The number of carbonyl (C=O) groups excluding carboxylic acids is 1. The summed E-state index contributed by atoms with van der Waals surface area (Å²) >= 11 is 0. The molecule has 5 rings (SSSR count). The molecule has 1 saturated heterocycles. The Labute approximate surface area is 229 Å². The first-order valence-corrected chi connectivity index (χ1v) is 13.3. The first-order chi connectivity index (χ1) is 18.7. The number of amides is 1. The topological polar surface area (TPSA) is 119 Å². The highest BCUT2D eigenvalue weighted by molar-refractivity contribution is 5.99. The van der Waals surface area contributed by atoms with E-state index < -0.39 is 5.60 Å². The third-order valence-corrected chi connectivity index (χ3v) is 7.35. The number of aryl methyl sites for hydroxylation is 2. The van der Waals surface area contributed by atoms with Crippen molar-refractivity contribution < 1.29 is 9.90 Å². The van der Waals surface area contributed by atoms with Gasteiger partial charge in [-0.1, -0.05) is 12.1 Å². The fourth-order valence-electron chi connectivity index (χ4n) is 5.07. The summed E-state index contributed by atoms with van der Waals surface area (Å²) in [4.78, 5) is 31.3. The molecule has 1 atom stereocenters. The number of benzene rings is 1. The van der Waals surface area contributed by atoms with Gasteiger partial charge in [-0.3, -0.25) is 4.79 Å². The fraction of sp³-hybridized carbons (Fsp3) is 0.379. The lowest BCUT2D eigenvalue weighted by atomic mass is 10.0. The Morgan fingerprint density at radius 1 is 1.15 bits per heavy atom. The van der Waals surface area contributed by atoms with Gasteiger partial charge in [-0.05, 0) is 69.1 Å². The van der Waals surface area contributed by atoms with E-state index >= 15 is 0 Å². The van der Waals surface area contributed by atoms with Crippen LogP contribution in [0.2, 0.25) is 0 Å². The van der Waals surface area contributed by atoms with Crippen LogP contribution < -0.4 is 20.9 Å². The number of anilines is 5. The maximum atomic E-state index is 12.9. The highest BCUT2D eigenvalue weighted by Gasteiger charge is 2.34. The number of rotatable bonds is 8. The van der Waals surface area contributed by atoms with Crippen molar-refractivity contribution in [1.29, 1.82) is 0 Å². The second-order valence-corrected chi connectivity index (χ2v) is 10.5. The van der Waals surface area contributed by atoms with Gasteiger partial charge >= 0.3 is 0 Å². The van der Waals surface area contributed by atoms with Crippen molar-refractivity contribution in [3.05, 3.63) is 71.6 Å². The Balaban J connectivity index is 1.40. The lowest BCUT2D eigenvalue weighted by Crippen LogP contribution is -2.44. The molecule has 1 aliphatic carbocycles. The zero-order valence-electron chi connectivity index (χ0n) is 22.8. The van der Waals surface area contributed by atoms with Gasteiger partial charge in [-0.25, -0.2) is 9.97 Å². The number of piperazine rings is 1. The molecule has 204 valence electrons. The molecule has 2 aromatic heterocycles. The van der Waals surface area contributed by atoms with Crippen molar-refractivity contribution in [2.45, 2.75) is 32.3 Å². The molecule has 10 heteroatoms. The number of hydrogen-bond acceptors (Lipinski definition) is 9. The standard InChI is InChI=1S/C29H36N8O2/c1-5-12-30-27(38)22-18-31-28(32-21-7-8-23(19(2)17-21)37-15-13-36(4)14-16-37)35-26(22)34-24-9-6-20-10-11-29(3,39)25(20)33-24/h5-9,17-18,39H,1,10-16H2,2-4H3,(H,30,38)(H2,31,32,33,34,35)/t29-/m0/s1. The Morgan fingerprint density at radius 3 is 2.69 bits per heavy atom. The summed E-state index contributed by atoms with van der Waals surface area (Å²) < 4.78 is 0. The van der Waals surface area contributed by atoms with Crippen molar-refractivity contribution in [3.8, 4) is 0 Å². The predicted molar refractivity (Wildman–Crippen MR) is 154 cm³/mol. The molecule has 1 aromatic carbocycles. The van der Waals surface area contributed by atoms with Crippen LogP contribution in [-0.2, 0) is 12.0 Å². The van der Waals surface area contributed by atoms with Crippen LogP contribution in [0.15, 0.2) is 49.2 Å². The van der Waals surface area contributed by atoms with Gasteiger partial charge in [0.1, 0.15) is 22.8 Å². The Kier molecular flexibility index (Phi) is 7.49. The molecule has 2 aliphatic rings. The van der Waals surface area contributed by atoms with E-state index in [1.54, 1.807) is 13.0 Å². The highest BCUT2D eigenvalue weighted by atomic mass is 16.3. The van der Waals surface area contributed by atoms with Gasteiger partial charge in [0.05, 0.1) is 5.69 Å². The van der Waals surface area contributed by atoms with Crippen molar-refractivity contribution in [2.24, 2.45) is 0 Å². The zero-order chi connectivity index (χ0) is 27.6. The molecule has 3 heterocycles. The van der Waals surface area contributed by atoms with Crippen LogP contribution in [0.3, 0.4) is 0 Å². The zero-order valence-corrected chi connectivity index (χ0v) is 22.8. The molecule has 0 spiro atoms. The first-order valence-electron chi connectivity index (χ1n) is 13.3. The molecule has 0 radical (unpaired) electrons. The van der Waals surface area contributed by atoms with Crippen LogP contribution in [-0.4, -0.2) is 70.6 Å². The van der Waals surface area contributed by atoms with Gasteiger partial charge in [-0.15, -0.1) is 6.58 Å². The number of fused-ring (bicyclic) bond motifs is 1. The summed E-state index contributed by atoms with van der Waals surface area (Å²) in [6.07, 6.45) is 4.51.